The normalized spacial score (nSPS) is 13.6. The van der Waals surface area contributed by atoms with Gasteiger partial charge >= 0.3 is 0 Å². The minimum atomic E-state index is 0.982. The SMILES string of the molecule is CC(C)=C1C[n+]2ccccc2Cc2ccccc21. The minimum Gasteiger partial charge on any atom is -0.198 e. The number of rotatable bonds is 0. The smallest absolute Gasteiger partial charge is 0.186 e. The van der Waals surface area contributed by atoms with Gasteiger partial charge in [0.15, 0.2) is 18.4 Å². The highest BCUT2D eigenvalue weighted by atomic mass is 15.0. The summed E-state index contributed by atoms with van der Waals surface area (Å²) in [7, 11) is 0. The Kier molecular flexibility index (Phi) is 2.75. The molecule has 18 heavy (non-hydrogen) atoms. The van der Waals surface area contributed by atoms with Crippen LogP contribution in [0, 0.1) is 0 Å². The lowest BCUT2D eigenvalue weighted by Crippen LogP contribution is -2.37. The fourth-order valence-corrected chi connectivity index (χ4v) is 2.67. The number of hydrogen-bond donors (Lipinski definition) is 0. The van der Waals surface area contributed by atoms with Crippen LogP contribution in [-0.2, 0) is 13.0 Å². The summed E-state index contributed by atoms with van der Waals surface area (Å²) in [5, 5.41) is 0. The molecule has 0 saturated carbocycles. The van der Waals surface area contributed by atoms with Gasteiger partial charge in [-0.3, -0.25) is 0 Å². The van der Waals surface area contributed by atoms with Crippen molar-refractivity contribution in [3.05, 3.63) is 71.1 Å². The average molecular weight is 236 g/mol. The topological polar surface area (TPSA) is 3.88 Å². The van der Waals surface area contributed by atoms with Gasteiger partial charge in [-0.25, -0.2) is 0 Å². The fraction of sp³-hybridized carbons (Fsp3) is 0.235. The molecule has 0 aliphatic carbocycles. The van der Waals surface area contributed by atoms with E-state index in [0.717, 1.165) is 13.0 Å². The molecule has 0 fully saturated rings. The van der Waals surface area contributed by atoms with Gasteiger partial charge in [-0.1, -0.05) is 35.9 Å². The van der Waals surface area contributed by atoms with Crippen molar-refractivity contribution in [1.29, 1.82) is 0 Å². The molecule has 2 aromatic rings. The largest absolute Gasteiger partial charge is 0.198 e. The molecule has 1 aliphatic heterocycles. The molecule has 1 nitrogen and oxygen atoms in total. The Morgan fingerprint density at radius 2 is 1.78 bits per heavy atom. The lowest BCUT2D eigenvalue weighted by Gasteiger charge is -2.07. The molecule has 1 aliphatic rings. The van der Waals surface area contributed by atoms with Crippen LogP contribution in [-0.4, -0.2) is 0 Å². The predicted octanol–water partition coefficient (Wildman–Crippen LogP) is 3.37. The van der Waals surface area contributed by atoms with Gasteiger partial charge in [0.25, 0.3) is 0 Å². The van der Waals surface area contributed by atoms with Crippen LogP contribution in [0.3, 0.4) is 0 Å². The van der Waals surface area contributed by atoms with Crippen molar-refractivity contribution in [3.8, 4) is 0 Å². The lowest BCUT2D eigenvalue weighted by molar-refractivity contribution is -0.690. The van der Waals surface area contributed by atoms with Gasteiger partial charge in [-0.2, -0.15) is 4.57 Å². The third-order valence-electron chi connectivity index (χ3n) is 3.68. The zero-order valence-electron chi connectivity index (χ0n) is 11.0. The zero-order valence-corrected chi connectivity index (χ0v) is 11.0. The van der Waals surface area contributed by atoms with E-state index in [-0.39, 0.29) is 0 Å². The van der Waals surface area contributed by atoms with Crippen molar-refractivity contribution in [1.82, 2.24) is 0 Å². The van der Waals surface area contributed by atoms with Crippen LogP contribution in [0.15, 0.2) is 54.2 Å². The summed E-state index contributed by atoms with van der Waals surface area (Å²) in [4.78, 5) is 0. The van der Waals surface area contributed by atoms with Crippen molar-refractivity contribution < 1.29 is 4.57 Å². The van der Waals surface area contributed by atoms with Gasteiger partial charge in [-0.05, 0) is 25.0 Å². The molecule has 0 radical (unpaired) electrons. The number of fused-ring (bicyclic) bond motifs is 2. The quantitative estimate of drug-likeness (QED) is 0.617. The molecule has 1 heteroatoms. The number of hydrogen-bond acceptors (Lipinski definition) is 0. The predicted molar refractivity (Wildman–Crippen MR) is 74.2 cm³/mol. The highest BCUT2D eigenvalue weighted by molar-refractivity contribution is 5.70. The second kappa shape index (κ2) is 4.41. The Bertz CT molecular complexity index is 619. The average Bonchev–Trinajstić information content (AvgIpc) is 2.55. The molecule has 1 aromatic carbocycles. The first kappa shape index (κ1) is 11.2. The summed E-state index contributed by atoms with van der Waals surface area (Å²) < 4.78 is 2.36. The van der Waals surface area contributed by atoms with Crippen LogP contribution in [0.25, 0.3) is 5.57 Å². The van der Waals surface area contributed by atoms with E-state index in [2.05, 4.69) is 67.1 Å². The third kappa shape index (κ3) is 1.86. The Morgan fingerprint density at radius 3 is 2.61 bits per heavy atom. The number of benzene rings is 1. The minimum absolute atomic E-state index is 0.982. The van der Waals surface area contributed by atoms with Gasteiger partial charge in [0.05, 0.1) is 6.42 Å². The first-order valence-electron chi connectivity index (χ1n) is 6.47. The van der Waals surface area contributed by atoms with E-state index in [9.17, 15) is 0 Å². The van der Waals surface area contributed by atoms with Crippen LogP contribution in [0.5, 0.6) is 0 Å². The van der Waals surface area contributed by atoms with E-state index < -0.39 is 0 Å². The van der Waals surface area contributed by atoms with Gasteiger partial charge in [-0.15, -0.1) is 0 Å². The van der Waals surface area contributed by atoms with Crippen LogP contribution in [0.4, 0.5) is 0 Å². The van der Waals surface area contributed by atoms with E-state index in [1.807, 2.05) is 0 Å². The van der Waals surface area contributed by atoms with Crippen molar-refractivity contribution in [2.45, 2.75) is 26.8 Å². The molecule has 0 unspecified atom stereocenters. The molecule has 0 spiro atoms. The Labute approximate surface area is 108 Å². The summed E-state index contributed by atoms with van der Waals surface area (Å²) in [5.74, 6) is 0. The number of nitrogens with zero attached hydrogens (tertiary/aromatic N) is 1. The summed E-state index contributed by atoms with van der Waals surface area (Å²) >= 11 is 0. The maximum absolute atomic E-state index is 2.36. The Hall–Kier alpha value is -1.89. The van der Waals surface area contributed by atoms with Gasteiger partial charge < -0.3 is 0 Å². The highest BCUT2D eigenvalue weighted by Gasteiger charge is 2.22. The van der Waals surface area contributed by atoms with E-state index >= 15 is 0 Å². The second-order valence-electron chi connectivity index (χ2n) is 5.13. The third-order valence-corrected chi connectivity index (χ3v) is 3.68. The molecule has 0 atom stereocenters. The second-order valence-corrected chi connectivity index (χ2v) is 5.13. The van der Waals surface area contributed by atoms with Crippen LogP contribution >= 0.6 is 0 Å². The first-order valence-corrected chi connectivity index (χ1v) is 6.47. The standard InChI is InChI=1S/C17H18N/c1-13(2)17-12-18-10-6-5-8-15(18)11-14-7-3-4-9-16(14)17/h3-10H,11-12H2,1-2H3/q+1. The van der Waals surface area contributed by atoms with Crippen LogP contribution in [0.1, 0.15) is 30.7 Å². The Balaban J connectivity index is 2.24. The molecule has 2 heterocycles. The van der Waals surface area contributed by atoms with Crippen LogP contribution < -0.4 is 4.57 Å². The molecule has 3 rings (SSSR count). The number of allylic oxidation sites excluding steroid dienone is 2. The molecule has 0 N–H and O–H groups in total. The summed E-state index contributed by atoms with van der Waals surface area (Å²) in [5.41, 5.74) is 7.11. The monoisotopic (exact) mass is 236 g/mol. The number of pyridine rings is 1. The molecule has 0 bridgehead atoms. The molecule has 1 aromatic heterocycles. The van der Waals surface area contributed by atoms with Crippen molar-refractivity contribution in [3.63, 3.8) is 0 Å². The zero-order chi connectivity index (χ0) is 12.5. The van der Waals surface area contributed by atoms with Gasteiger partial charge in [0.2, 0.25) is 0 Å². The van der Waals surface area contributed by atoms with Crippen molar-refractivity contribution in [2.75, 3.05) is 0 Å². The van der Waals surface area contributed by atoms with Crippen molar-refractivity contribution >= 4 is 5.57 Å². The number of aromatic nitrogens is 1. The maximum atomic E-state index is 2.36. The fourth-order valence-electron chi connectivity index (χ4n) is 2.67. The lowest BCUT2D eigenvalue weighted by atomic mass is 9.95. The molecule has 0 saturated heterocycles. The van der Waals surface area contributed by atoms with E-state index in [1.54, 1.807) is 0 Å². The molecular formula is C17H18N+. The molecule has 90 valence electrons. The summed E-state index contributed by atoms with van der Waals surface area (Å²) in [6.45, 7) is 5.40. The highest BCUT2D eigenvalue weighted by Crippen LogP contribution is 2.26. The Morgan fingerprint density at radius 1 is 1.00 bits per heavy atom. The summed E-state index contributed by atoms with van der Waals surface area (Å²) in [6.07, 6.45) is 3.21. The van der Waals surface area contributed by atoms with Crippen molar-refractivity contribution in [2.24, 2.45) is 0 Å². The van der Waals surface area contributed by atoms with Gasteiger partial charge in [0.1, 0.15) is 0 Å². The van der Waals surface area contributed by atoms with E-state index in [1.165, 1.54) is 28.0 Å². The molecular weight excluding hydrogens is 218 g/mol. The van der Waals surface area contributed by atoms with Crippen LogP contribution in [0.2, 0.25) is 0 Å². The first-order chi connectivity index (χ1) is 8.75. The maximum Gasteiger partial charge on any atom is 0.186 e. The van der Waals surface area contributed by atoms with E-state index in [0.29, 0.717) is 0 Å². The van der Waals surface area contributed by atoms with Gasteiger partial charge in [0, 0.05) is 17.7 Å². The summed E-state index contributed by atoms with van der Waals surface area (Å²) in [6, 6.07) is 15.3. The van der Waals surface area contributed by atoms with E-state index in [4.69, 9.17) is 0 Å². The molecule has 0 amide bonds.